The molecule has 2 aromatic heterocycles. The molecule has 4 N–H and O–H groups in total. The molecule has 3 atom stereocenters. The van der Waals surface area contributed by atoms with Crippen LogP contribution in [-0.4, -0.2) is 55.2 Å². The number of rotatable bonds is 5. The van der Waals surface area contributed by atoms with Gasteiger partial charge in [0, 0.05) is 6.42 Å². The Morgan fingerprint density at radius 3 is 2.91 bits per heavy atom. The number of fused-ring (bicyclic) bond motifs is 1. The van der Waals surface area contributed by atoms with Crippen LogP contribution in [0.5, 0.6) is 5.88 Å². The number of anilines is 1. The zero-order valence-electron chi connectivity index (χ0n) is 13.1. The molecule has 0 saturated carbocycles. The molecule has 0 unspecified atom stereocenters. The van der Waals surface area contributed by atoms with Gasteiger partial charge in [-0.1, -0.05) is 13.8 Å². The van der Waals surface area contributed by atoms with Gasteiger partial charge in [0.15, 0.2) is 11.2 Å². The first kappa shape index (κ1) is 15.9. The van der Waals surface area contributed by atoms with E-state index in [4.69, 9.17) is 15.2 Å². The minimum Gasteiger partial charge on any atom is -0.476 e. The summed E-state index contributed by atoms with van der Waals surface area (Å²) in [6.07, 6.45) is 0.0631. The number of nitrogens with two attached hydrogens (primary N) is 1. The average Bonchev–Trinajstić information content (AvgIpc) is 3.07. The van der Waals surface area contributed by atoms with E-state index in [1.165, 1.54) is 0 Å². The summed E-state index contributed by atoms with van der Waals surface area (Å²) in [5.41, 5.74) is 6.67. The lowest BCUT2D eigenvalue weighted by atomic mass is 10.2. The van der Waals surface area contributed by atoms with Crippen molar-refractivity contribution in [2.45, 2.75) is 38.7 Å². The second kappa shape index (κ2) is 6.26. The fraction of sp³-hybridized carbons (Fsp3) is 0.643. The highest BCUT2D eigenvalue weighted by Crippen LogP contribution is 2.33. The maximum absolute atomic E-state index is 9.92. The van der Waals surface area contributed by atoms with Crippen LogP contribution in [0, 0.1) is 5.92 Å². The van der Waals surface area contributed by atoms with Gasteiger partial charge >= 0.3 is 0 Å². The Hall–Kier alpha value is -1.97. The van der Waals surface area contributed by atoms with Crippen LogP contribution < -0.4 is 10.5 Å². The number of hydrogen-bond acceptors (Lipinski definition) is 8. The number of nitrogen functional groups attached to an aromatic ring is 1. The zero-order chi connectivity index (χ0) is 16.6. The van der Waals surface area contributed by atoms with Crippen LogP contribution in [-0.2, 0) is 4.74 Å². The number of ether oxygens (including phenoxy) is 2. The SMILES string of the molecule is CC(C)COc1nc(N)nc2ncn([C@H]3C[C@H](O)[C@@H](CO)O3)c12. The first-order valence-corrected chi connectivity index (χ1v) is 7.56. The second-order valence-corrected chi connectivity index (χ2v) is 6.03. The third-order valence-electron chi connectivity index (χ3n) is 3.66. The fourth-order valence-electron chi connectivity index (χ4n) is 2.54. The Morgan fingerprint density at radius 1 is 1.48 bits per heavy atom. The molecule has 23 heavy (non-hydrogen) atoms. The number of aliphatic hydroxyl groups excluding tert-OH is 2. The summed E-state index contributed by atoms with van der Waals surface area (Å²) >= 11 is 0. The van der Waals surface area contributed by atoms with Gasteiger partial charge in [0.1, 0.15) is 12.3 Å². The van der Waals surface area contributed by atoms with Crippen molar-refractivity contribution in [1.82, 2.24) is 19.5 Å². The number of nitrogens with zero attached hydrogens (tertiary/aromatic N) is 4. The monoisotopic (exact) mass is 323 g/mol. The first-order valence-electron chi connectivity index (χ1n) is 7.56. The molecular formula is C14H21N5O4. The molecule has 0 amide bonds. The zero-order valence-corrected chi connectivity index (χ0v) is 13.1. The van der Waals surface area contributed by atoms with E-state index in [0.717, 1.165) is 0 Å². The molecule has 3 heterocycles. The Balaban J connectivity index is 1.98. The second-order valence-electron chi connectivity index (χ2n) is 6.03. The largest absolute Gasteiger partial charge is 0.476 e. The van der Waals surface area contributed by atoms with E-state index in [1.54, 1.807) is 10.9 Å². The molecule has 126 valence electrons. The van der Waals surface area contributed by atoms with Gasteiger partial charge in [-0.25, -0.2) is 4.98 Å². The lowest BCUT2D eigenvalue weighted by molar-refractivity contribution is -0.0431. The van der Waals surface area contributed by atoms with Gasteiger partial charge in [0.05, 0.1) is 25.6 Å². The molecule has 1 aliphatic rings. The number of aliphatic hydroxyl groups is 2. The molecule has 0 aromatic carbocycles. The summed E-state index contributed by atoms with van der Waals surface area (Å²) in [6.45, 7) is 4.29. The van der Waals surface area contributed by atoms with E-state index in [0.29, 0.717) is 36.0 Å². The Bertz CT molecular complexity index is 689. The normalized spacial score (nSPS) is 24.7. The summed E-state index contributed by atoms with van der Waals surface area (Å²) in [5.74, 6) is 0.743. The van der Waals surface area contributed by atoms with Crippen LogP contribution in [0.3, 0.4) is 0 Å². The van der Waals surface area contributed by atoms with Crippen molar-refractivity contribution >= 4 is 17.1 Å². The molecule has 1 fully saturated rings. The minimum absolute atomic E-state index is 0.0853. The number of aromatic nitrogens is 4. The molecule has 0 bridgehead atoms. The average molecular weight is 323 g/mol. The van der Waals surface area contributed by atoms with Gasteiger partial charge in [-0.2, -0.15) is 9.97 Å². The molecule has 0 spiro atoms. The maximum atomic E-state index is 9.92. The lowest BCUT2D eigenvalue weighted by Gasteiger charge is -2.16. The molecule has 0 aliphatic carbocycles. The van der Waals surface area contributed by atoms with Gasteiger partial charge in [0.2, 0.25) is 11.8 Å². The van der Waals surface area contributed by atoms with Gasteiger partial charge in [-0.15, -0.1) is 0 Å². The number of hydrogen-bond donors (Lipinski definition) is 3. The van der Waals surface area contributed by atoms with Crippen molar-refractivity contribution in [2.24, 2.45) is 5.92 Å². The third kappa shape index (κ3) is 3.07. The lowest BCUT2D eigenvalue weighted by Crippen LogP contribution is -2.24. The molecule has 0 radical (unpaired) electrons. The maximum Gasteiger partial charge on any atom is 0.245 e. The van der Waals surface area contributed by atoms with Gasteiger partial charge in [-0.3, -0.25) is 4.57 Å². The molecule has 9 nitrogen and oxygen atoms in total. The van der Waals surface area contributed by atoms with Gasteiger partial charge < -0.3 is 25.4 Å². The van der Waals surface area contributed by atoms with Crippen molar-refractivity contribution in [2.75, 3.05) is 18.9 Å². The summed E-state index contributed by atoms with van der Waals surface area (Å²) in [6, 6.07) is 0. The predicted molar refractivity (Wildman–Crippen MR) is 81.7 cm³/mol. The highest BCUT2D eigenvalue weighted by molar-refractivity contribution is 5.77. The van der Waals surface area contributed by atoms with Crippen LogP contribution in [0.1, 0.15) is 26.5 Å². The predicted octanol–water partition coefficient (Wildman–Crippen LogP) is 0.0840. The molecule has 2 aromatic rings. The van der Waals surface area contributed by atoms with Crippen molar-refractivity contribution in [3.05, 3.63) is 6.33 Å². The van der Waals surface area contributed by atoms with Crippen molar-refractivity contribution in [3.8, 4) is 5.88 Å². The smallest absolute Gasteiger partial charge is 0.245 e. The van der Waals surface area contributed by atoms with E-state index >= 15 is 0 Å². The van der Waals surface area contributed by atoms with E-state index in [2.05, 4.69) is 15.0 Å². The van der Waals surface area contributed by atoms with Crippen LogP contribution in [0.4, 0.5) is 5.95 Å². The molecule has 3 rings (SSSR count). The van der Waals surface area contributed by atoms with Gasteiger partial charge in [0.25, 0.3) is 0 Å². The summed E-state index contributed by atoms with van der Waals surface area (Å²) in [5, 5.41) is 19.1. The topological polar surface area (TPSA) is 129 Å². The molecule has 1 aliphatic heterocycles. The van der Waals surface area contributed by atoms with Crippen molar-refractivity contribution < 1.29 is 19.7 Å². The fourth-order valence-corrected chi connectivity index (χ4v) is 2.54. The minimum atomic E-state index is -0.739. The highest BCUT2D eigenvalue weighted by atomic mass is 16.5. The Kier molecular flexibility index (Phi) is 4.33. The Morgan fingerprint density at radius 2 is 2.26 bits per heavy atom. The first-order chi connectivity index (χ1) is 11.0. The Labute approximate surface area is 133 Å². The summed E-state index contributed by atoms with van der Waals surface area (Å²) in [4.78, 5) is 12.5. The van der Waals surface area contributed by atoms with Crippen LogP contribution in [0.2, 0.25) is 0 Å². The molecule has 1 saturated heterocycles. The van der Waals surface area contributed by atoms with Crippen molar-refractivity contribution in [1.29, 1.82) is 0 Å². The summed E-state index contributed by atoms with van der Waals surface area (Å²) < 4.78 is 13.1. The van der Waals surface area contributed by atoms with E-state index in [9.17, 15) is 10.2 Å². The van der Waals surface area contributed by atoms with E-state index in [1.807, 2.05) is 13.8 Å². The molecule has 9 heteroatoms. The van der Waals surface area contributed by atoms with E-state index < -0.39 is 18.4 Å². The van der Waals surface area contributed by atoms with Gasteiger partial charge in [-0.05, 0) is 5.92 Å². The standard InChI is InChI=1S/C14H21N5O4/c1-7(2)5-22-13-11-12(17-14(15)18-13)16-6-19(11)10-3-8(21)9(4-20)23-10/h6-10,20-21H,3-5H2,1-2H3,(H2,15,17,18)/t8-,9+,10+/m0/s1. The number of imidazole rings is 1. The summed E-state index contributed by atoms with van der Waals surface area (Å²) in [7, 11) is 0. The third-order valence-corrected chi connectivity index (χ3v) is 3.66. The van der Waals surface area contributed by atoms with Crippen LogP contribution in [0.15, 0.2) is 6.33 Å². The van der Waals surface area contributed by atoms with E-state index in [-0.39, 0.29) is 12.6 Å². The molecular weight excluding hydrogens is 302 g/mol. The van der Waals surface area contributed by atoms with Crippen LogP contribution >= 0.6 is 0 Å². The quantitative estimate of drug-likeness (QED) is 0.706. The highest BCUT2D eigenvalue weighted by Gasteiger charge is 2.35. The van der Waals surface area contributed by atoms with Crippen molar-refractivity contribution in [3.63, 3.8) is 0 Å². The van der Waals surface area contributed by atoms with Crippen LogP contribution in [0.25, 0.3) is 11.2 Å².